The van der Waals surface area contributed by atoms with Crippen molar-refractivity contribution in [2.45, 2.75) is 6.67 Å². The summed E-state index contributed by atoms with van der Waals surface area (Å²) in [7, 11) is 0. The number of rotatable bonds is 4. The number of carbonyl (C=O) groups is 1. The van der Waals surface area contributed by atoms with Crippen LogP contribution >= 0.6 is 15.9 Å². The first kappa shape index (κ1) is 14.5. The van der Waals surface area contributed by atoms with E-state index in [0.717, 1.165) is 0 Å². The second-order valence-corrected chi connectivity index (χ2v) is 5.42. The van der Waals surface area contributed by atoms with Gasteiger partial charge in [0.15, 0.2) is 5.69 Å². The van der Waals surface area contributed by atoms with Crippen molar-refractivity contribution >= 4 is 27.5 Å². The fraction of sp³-hybridized carbons (Fsp3) is 0.0714. The fourth-order valence-corrected chi connectivity index (χ4v) is 2.20. The van der Waals surface area contributed by atoms with E-state index < -0.39 is 11.7 Å². The number of benzene rings is 1. The van der Waals surface area contributed by atoms with Gasteiger partial charge >= 0.3 is 0 Å². The molecule has 1 N–H and O–H groups in total. The van der Waals surface area contributed by atoms with E-state index in [-0.39, 0.29) is 11.4 Å². The summed E-state index contributed by atoms with van der Waals surface area (Å²) < 4.78 is 17.5. The van der Waals surface area contributed by atoms with Crippen molar-refractivity contribution in [2.75, 3.05) is 5.32 Å². The summed E-state index contributed by atoms with van der Waals surface area (Å²) in [6, 6.07) is 7.78. The van der Waals surface area contributed by atoms with Crippen LogP contribution in [0.3, 0.4) is 0 Å². The lowest BCUT2D eigenvalue weighted by atomic mass is 10.3. The highest BCUT2D eigenvalue weighted by Gasteiger charge is 2.12. The first-order valence-electron chi connectivity index (χ1n) is 6.39. The van der Waals surface area contributed by atoms with Crippen LogP contribution in [0, 0.1) is 5.82 Å². The van der Waals surface area contributed by atoms with E-state index in [1.807, 2.05) is 0 Å². The van der Waals surface area contributed by atoms with Gasteiger partial charge in [0, 0.05) is 23.1 Å². The summed E-state index contributed by atoms with van der Waals surface area (Å²) in [6.45, 7) is 0.396. The Morgan fingerprint density at radius 3 is 2.86 bits per heavy atom. The number of carbonyl (C=O) groups excluding carboxylic acids is 1. The molecule has 0 saturated heterocycles. The second kappa shape index (κ2) is 6.10. The van der Waals surface area contributed by atoms with Crippen molar-refractivity contribution in [1.29, 1.82) is 0 Å². The van der Waals surface area contributed by atoms with Gasteiger partial charge in [-0.1, -0.05) is 15.9 Å². The molecule has 0 spiro atoms. The SMILES string of the molecule is O=C(Nc1ccc(Br)cc1F)c1ccn(Cn2cccn2)n1. The summed E-state index contributed by atoms with van der Waals surface area (Å²) >= 11 is 3.16. The van der Waals surface area contributed by atoms with Crippen molar-refractivity contribution in [1.82, 2.24) is 19.6 Å². The Hall–Kier alpha value is -2.48. The molecule has 1 amide bonds. The Balaban J connectivity index is 1.71. The minimum Gasteiger partial charge on any atom is -0.318 e. The molecular weight excluding hydrogens is 353 g/mol. The van der Waals surface area contributed by atoms with Crippen molar-refractivity contribution in [2.24, 2.45) is 0 Å². The molecule has 3 aromatic rings. The number of aromatic nitrogens is 4. The van der Waals surface area contributed by atoms with Crippen LogP contribution in [0.5, 0.6) is 0 Å². The number of halogens is 2. The third-order valence-corrected chi connectivity index (χ3v) is 3.39. The summed E-state index contributed by atoms with van der Waals surface area (Å²) in [5, 5.41) is 10.7. The molecule has 0 saturated carbocycles. The van der Waals surface area contributed by atoms with Gasteiger partial charge in [-0.15, -0.1) is 0 Å². The summed E-state index contributed by atoms with van der Waals surface area (Å²) in [5.74, 6) is -0.987. The van der Waals surface area contributed by atoms with Crippen molar-refractivity contribution in [3.63, 3.8) is 0 Å². The van der Waals surface area contributed by atoms with Crippen LogP contribution in [0.4, 0.5) is 10.1 Å². The van der Waals surface area contributed by atoms with Crippen LogP contribution in [0.1, 0.15) is 10.5 Å². The number of anilines is 1. The van der Waals surface area contributed by atoms with Gasteiger partial charge in [-0.05, 0) is 30.3 Å². The predicted octanol–water partition coefficient (Wildman–Crippen LogP) is 2.74. The smallest absolute Gasteiger partial charge is 0.276 e. The number of hydrogen-bond donors (Lipinski definition) is 1. The van der Waals surface area contributed by atoms with E-state index in [1.54, 1.807) is 46.2 Å². The minimum atomic E-state index is -0.515. The molecule has 8 heteroatoms. The number of nitrogens with one attached hydrogen (secondary N) is 1. The highest BCUT2D eigenvalue weighted by molar-refractivity contribution is 9.10. The van der Waals surface area contributed by atoms with Gasteiger partial charge in [0.05, 0.1) is 5.69 Å². The zero-order chi connectivity index (χ0) is 15.5. The van der Waals surface area contributed by atoms with Crippen molar-refractivity contribution in [3.05, 3.63) is 64.9 Å². The predicted molar refractivity (Wildman–Crippen MR) is 81.9 cm³/mol. The Labute approximate surface area is 133 Å². The van der Waals surface area contributed by atoms with E-state index in [1.165, 1.54) is 12.1 Å². The largest absolute Gasteiger partial charge is 0.318 e. The molecule has 2 heterocycles. The monoisotopic (exact) mass is 363 g/mol. The van der Waals surface area contributed by atoms with Gasteiger partial charge < -0.3 is 5.32 Å². The molecule has 0 aliphatic rings. The van der Waals surface area contributed by atoms with E-state index in [2.05, 4.69) is 31.4 Å². The Bertz CT molecular complexity index is 799. The Morgan fingerprint density at radius 2 is 2.14 bits per heavy atom. The molecule has 112 valence electrons. The molecular formula is C14H11BrFN5O. The first-order chi connectivity index (χ1) is 10.6. The quantitative estimate of drug-likeness (QED) is 0.774. The third kappa shape index (κ3) is 3.22. The van der Waals surface area contributed by atoms with Crippen LogP contribution in [-0.4, -0.2) is 25.5 Å². The zero-order valence-corrected chi connectivity index (χ0v) is 12.9. The van der Waals surface area contributed by atoms with Gasteiger partial charge in [0.2, 0.25) is 0 Å². The highest BCUT2D eigenvalue weighted by Crippen LogP contribution is 2.19. The molecule has 0 atom stereocenters. The van der Waals surface area contributed by atoms with Crippen LogP contribution in [0.15, 0.2) is 53.4 Å². The molecule has 0 aliphatic heterocycles. The normalized spacial score (nSPS) is 10.6. The summed E-state index contributed by atoms with van der Waals surface area (Å²) in [6.07, 6.45) is 5.11. The molecule has 3 rings (SSSR count). The van der Waals surface area contributed by atoms with Crippen molar-refractivity contribution in [3.8, 4) is 0 Å². The molecule has 22 heavy (non-hydrogen) atoms. The van der Waals surface area contributed by atoms with Crippen molar-refractivity contribution < 1.29 is 9.18 Å². The van der Waals surface area contributed by atoms with E-state index in [0.29, 0.717) is 11.1 Å². The zero-order valence-electron chi connectivity index (χ0n) is 11.3. The molecule has 0 unspecified atom stereocenters. The summed E-state index contributed by atoms with van der Waals surface area (Å²) in [5.41, 5.74) is 0.310. The number of hydrogen-bond acceptors (Lipinski definition) is 3. The molecule has 6 nitrogen and oxygen atoms in total. The van der Waals surface area contributed by atoms with Crippen LogP contribution in [0.2, 0.25) is 0 Å². The lowest BCUT2D eigenvalue weighted by Gasteiger charge is -2.05. The first-order valence-corrected chi connectivity index (χ1v) is 7.18. The maximum atomic E-state index is 13.7. The lowest BCUT2D eigenvalue weighted by Crippen LogP contribution is -2.15. The molecule has 0 fully saturated rings. The Morgan fingerprint density at radius 1 is 1.27 bits per heavy atom. The number of nitrogens with zero attached hydrogens (tertiary/aromatic N) is 4. The Kier molecular flexibility index (Phi) is 4.01. The lowest BCUT2D eigenvalue weighted by molar-refractivity contribution is 0.102. The average molecular weight is 364 g/mol. The minimum absolute atomic E-state index is 0.106. The van der Waals surface area contributed by atoms with Gasteiger partial charge in [-0.25, -0.2) is 4.39 Å². The standard InChI is InChI=1S/C14H11BrFN5O/c15-10-2-3-12(11(16)8-10)18-14(22)13-4-7-21(19-13)9-20-6-1-5-17-20/h1-8H,9H2,(H,18,22). The molecule has 0 aliphatic carbocycles. The number of amides is 1. The second-order valence-electron chi connectivity index (χ2n) is 4.51. The van der Waals surface area contributed by atoms with E-state index in [4.69, 9.17) is 0 Å². The van der Waals surface area contributed by atoms with Gasteiger partial charge in [-0.3, -0.25) is 14.2 Å². The van der Waals surface area contributed by atoms with Crippen LogP contribution in [-0.2, 0) is 6.67 Å². The molecule has 0 bridgehead atoms. The third-order valence-electron chi connectivity index (χ3n) is 2.90. The van der Waals surface area contributed by atoms with Gasteiger partial charge in [0.25, 0.3) is 5.91 Å². The highest BCUT2D eigenvalue weighted by atomic mass is 79.9. The molecule has 0 radical (unpaired) electrons. The maximum Gasteiger partial charge on any atom is 0.276 e. The fourth-order valence-electron chi connectivity index (χ4n) is 1.87. The van der Waals surface area contributed by atoms with Crippen LogP contribution < -0.4 is 5.32 Å². The van der Waals surface area contributed by atoms with E-state index >= 15 is 0 Å². The van der Waals surface area contributed by atoms with Gasteiger partial charge in [0.1, 0.15) is 12.5 Å². The topological polar surface area (TPSA) is 64.7 Å². The molecule has 2 aromatic heterocycles. The van der Waals surface area contributed by atoms with Gasteiger partial charge in [-0.2, -0.15) is 10.2 Å². The average Bonchev–Trinajstić information content (AvgIpc) is 3.14. The summed E-state index contributed by atoms with van der Waals surface area (Å²) in [4.78, 5) is 12.1. The molecule has 1 aromatic carbocycles. The maximum absolute atomic E-state index is 13.7. The van der Waals surface area contributed by atoms with Crippen LogP contribution in [0.25, 0.3) is 0 Å². The van der Waals surface area contributed by atoms with E-state index in [9.17, 15) is 9.18 Å².